The van der Waals surface area contributed by atoms with Crippen LogP contribution < -0.4 is 25.5 Å². The predicted molar refractivity (Wildman–Crippen MR) is 115 cm³/mol. The first-order valence-corrected chi connectivity index (χ1v) is 10.0. The summed E-state index contributed by atoms with van der Waals surface area (Å²) in [6.07, 6.45) is 1.09. The first kappa shape index (κ1) is 21.2. The lowest BCUT2D eigenvalue weighted by Crippen LogP contribution is -2.44. The highest BCUT2D eigenvalue weighted by Gasteiger charge is 2.29. The SMILES string of the molecule is CNC(=O)[C@@H](C)NC(=O)CC(c1cc2c(cc1O)OCO2)c1coc2ccccc2c1=O. The number of ether oxygens (including phenoxy) is 2. The Morgan fingerprint density at radius 3 is 2.59 bits per heavy atom. The topological polar surface area (TPSA) is 127 Å². The third-order valence-corrected chi connectivity index (χ3v) is 5.39. The molecule has 2 aromatic carbocycles. The molecule has 1 unspecified atom stereocenters. The van der Waals surface area contributed by atoms with Crippen molar-refractivity contribution in [3.63, 3.8) is 0 Å². The maximum Gasteiger partial charge on any atom is 0.242 e. The van der Waals surface area contributed by atoms with Crippen LogP contribution in [0.5, 0.6) is 17.2 Å². The second-order valence-corrected chi connectivity index (χ2v) is 7.44. The van der Waals surface area contributed by atoms with Crippen LogP contribution in [0.4, 0.5) is 0 Å². The van der Waals surface area contributed by atoms with Gasteiger partial charge in [0.05, 0.1) is 11.6 Å². The van der Waals surface area contributed by atoms with Gasteiger partial charge in [-0.2, -0.15) is 0 Å². The second-order valence-electron chi connectivity index (χ2n) is 7.44. The summed E-state index contributed by atoms with van der Waals surface area (Å²) in [7, 11) is 1.47. The zero-order valence-electron chi connectivity index (χ0n) is 17.5. The van der Waals surface area contributed by atoms with Crippen LogP contribution in [0.15, 0.2) is 51.9 Å². The van der Waals surface area contributed by atoms with E-state index in [0.717, 1.165) is 0 Å². The van der Waals surface area contributed by atoms with Gasteiger partial charge in [0.15, 0.2) is 16.9 Å². The van der Waals surface area contributed by atoms with Crippen LogP contribution in [0, 0.1) is 0 Å². The van der Waals surface area contributed by atoms with Crippen molar-refractivity contribution in [3.05, 3.63) is 64.0 Å². The molecule has 32 heavy (non-hydrogen) atoms. The van der Waals surface area contributed by atoms with Crippen molar-refractivity contribution in [2.75, 3.05) is 13.8 Å². The van der Waals surface area contributed by atoms with Gasteiger partial charge in [0, 0.05) is 36.6 Å². The van der Waals surface area contributed by atoms with Crippen LogP contribution >= 0.6 is 0 Å². The number of amides is 2. The highest BCUT2D eigenvalue weighted by molar-refractivity contribution is 5.87. The van der Waals surface area contributed by atoms with Crippen LogP contribution in [0.2, 0.25) is 0 Å². The molecule has 9 heteroatoms. The van der Waals surface area contributed by atoms with Crippen LogP contribution in [-0.2, 0) is 9.59 Å². The van der Waals surface area contributed by atoms with E-state index in [9.17, 15) is 19.5 Å². The molecule has 0 radical (unpaired) electrons. The molecule has 4 rings (SSSR count). The highest BCUT2D eigenvalue weighted by atomic mass is 16.7. The van der Waals surface area contributed by atoms with E-state index in [2.05, 4.69) is 10.6 Å². The molecule has 1 aliphatic heterocycles. The van der Waals surface area contributed by atoms with Crippen molar-refractivity contribution >= 4 is 22.8 Å². The van der Waals surface area contributed by atoms with E-state index in [1.54, 1.807) is 37.3 Å². The minimum absolute atomic E-state index is 0.00510. The van der Waals surface area contributed by atoms with Gasteiger partial charge in [-0.25, -0.2) is 0 Å². The fraction of sp³-hybridized carbons (Fsp3) is 0.261. The summed E-state index contributed by atoms with van der Waals surface area (Å²) in [6, 6.07) is 8.94. The summed E-state index contributed by atoms with van der Waals surface area (Å²) in [5.74, 6) is -1.08. The first-order valence-electron chi connectivity index (χ1n) is 10.0. The molecular weight excluding hydrogens is 416 g/mol. The summed E-state index contributed by atoms with van der Waals surface area (Å²) in [5, 5.41) is 16.1. The summed E-state index contributed by atoms with van der Waals surface area (Å²) in [5.41, 5.74) is 0.592. The molecule has 1 aromatic heterocycles. The fourth-order valence-electron chi connectivity index (χ4n) is 3.71. The van der Waals surface area contributed by atoms with E-state index in [-0.39, 0.29) is 35.9 Å². The van der Waals surface area contributed by atoms with Gasteiger partial charge in [-0.15, -0.1) is 0 Å². The second kappa shape index (κ2) is 8.62. The molecule has 0 saturated carbocycles. The number of nitrogens with one attached hydrogen (secondary N) is 2. The highest BCUT2D eigenvalue weighted by Crippen LogP contribution is 2.42. The molecule has 3 aromatic rings. The number of likely N-dealkylation sites (N-methyl/N-ethyl adjacent to an activating group) is 1. The first-order chi connectivity index (χ1) is 15.4. The number of fused-ring (bicyclic) bond motifs is 2. The van der Waals surface area contributed by atoms with Gasteiger partial charge in [-0.05, 0) is 25.1 Å². The Morgan fingerprint density at radius 1 is 1.12 bits per heavy atom. The Labute approximate surface area is 182 Å². The van der Waals surface area contributed by atoms with E-state index >= 15 is 0 Å². The zero-order chi connectivity index (χ0) is 22.8. The van der Waals surface area contributed by atoms with Crippen LogP contribution in [0.3, 0.4) is 0 Å². The van der Waals surface area contributed by atoms with E-state index in [1.807, 2.05) is 0 Å². The standard InChI is InChI=1S/C23H22N2O7/c1-12(23(29)24-2)25-21(27)8-14(15-7-19-20(9-17(15)26)32-11-31-19)16-10-30-18-6-4-3-5-13(18)22(16)28/h3-7,9-10,12,14,26H,8,11H2,1-2H3,(H,24,29)(H,25,27)/t12-,14?/m1/s1. The normalized spacial score (nSPS) is 14.1. The maximum atomic E-state index is 13.3. The van der Waals surface area contributed by atoms with Crippen molar-refractivity contribution in [3.8, 4) is 17.2 Å². The molecule has 2 amide bonds. The quantitative estimate of drug-likeness (QED) is 0.537. The van der Waals surface area contributed by atoms with Crippen molar-refractivity contribution in [2.45, 2.75) is 25.3 Å². The minimum atomic E-state index is -0.859. The Kier molecular flexibility index (Phi) is 5.72. The van der Waals surface area contributed by atoms with Gasteiger partial charge in [0.25, 0.3) is 0 Å². The number of carbonyl (C=O) groups excluding carboxylic acids is 2. The number of carbonyl (C=O) groups is 2. The number of phenols is 1. The van der Waals surface area contributed by atoms with Crippen LogP contribution in [0.25, 0.3) is 11.0 Å². The third kappa shape index (κ3) is 3.96. The molecule has 0 spiro atoms. The largest absolute Gasteiger partial charge is 0.508 e. The average molecular weight is 438 g/mol. The van der Waals surface area contributed by atoms with Crippen LogP contribution in [0.1, 0.15) is 30.4 Å². The Balaban J connectivity index is 1.78. The van der Waals surface area contributed by atoms with E-state index in [1.165, 1.54) is 19.4 Å². The molecule has 2 heterocycles. The van der Waals surface area contributed by atoms with E-state index < -0.39 is 17.9 Å². The Hall–Kier alpha value is -4.01. The van der Waals surface area contributed by atoms with Gasteiger partial charge in [-0.3, -0.25) is 14.4 Å². The lowest BCUT2D eigenvalue weighted by Gasteiger charge is -2.20. The number of aromatic hydroxyl groups is 1. The zero-order valence-corrected chi connectivity index (χ0v) is 17.5. The molecular formula is C23H22N2O7. The fourth-order valence-corrected chi connectivity index (χ4v) is 3.71. The smallest absolute Gasteiger partial charge is 0.242 e. The maximum absolute atomic E-state index is 13.3. The third-order valence-electron chi connectivity index (χ3n) is 5.39. The van der Waals surface area contributed by atoms with Gasteiger partial charge >= 0.3 is 0 Å². The molecule has 0 fully saturated rings. The number of para-hydroxylation sites is 1. The molecule has 0 bridgehead atoms. The summed E-state index contributed by atoms with van der Waals surface area (Å²) >= 11 is 0. The number of phenolic OH excluding ortho intramolecular Hbond substituents is 1. The lowest BCUT2D eigenvalue weighted by atomic mass is 9.87. The number of hydrogen-bond acceptors (Lipinski definition) is 7. The number of rotatable bonds is 6. The molecule has 166 valence electrons. The van der Waals surface area contributed by atoms with Gasteiger partial charge in [0.2, 0.25) is 18.6 Å². The van der Waals surface area contributed by atoms with E-state index in [4.69, 9.17) is 13.9 Å². The Morgan fingerprint density at radius 2 is 1.84 bits per heavy atom. The van der Waals surface area contributed by atoms with Crippen molar-refractivity contribution < 1.29 is 28.6 Å². The summed E-state index contributed by atoms with van der Waals surface area (Å²) in [6.45, 7) is 1.55. The lowest BCUT2D eigenvalue weighted by molar-refractivity contribution is -0.128. The number of hydrogen-bond donors (Lipinski definition) is 3. The van der Waals surface area contributed by atoms with Crippen molar-refractivity contribution in [1.82, 2.24) is 10.6 Å². The minimum Gasteiger partial charge on any atom is -0.508 e. The average Bonchev–Trinajstić information content (AvgIpc) is 3.24. The molecule has 9 nitrogen and oxygen atoms in total. The molecule has 0 aliphatic carbocycles. The van der Waals surface area contributed by atoms with Crippen molar-refractivity contribution in [2.24, 2.45) is 0 Å². The molecule has 1 aliphatic rings. The number of benzene rings is 2. The van der Waals surface area contributed by atoms with Gasteiger partial charge in [0.1, 0.15) is 17.4 Å². The predicted octanol–water partition coefficient (Wildman–Crippen LogP) is 2.00. The van der Waals surface area contributed by atoms with Crippen molar-refractivity contribution in [1.29, 1.82) is 0 Å². The Bertz CT molecular complexity index is 1250. The monoisotopic (exact) mass is 438 g/mol. The summed E-state index contributed by atoms with van der Waals surface area (Å²) < 4.78 is 16.3. The molecule has 2 atom stereocenters. The molecule has 3 N–H and O–H groups in total. The van der Waals surface area contributed by atoms with Gasteiger partial charge < -0.3 is 29.6 Å². The van der Waals surface area contributed by atoms with Gasteiger partial charge in [-0.1, -0.05) is 12.1 Å². The van der Waals surface area contributed by atoms with E-state index in [0.29, 0.717) is 28.0 Å². The van der Waals surface area contributed by atoms with Crippen LogP contribution in [-0.4, -0.2) is 36.8 Å². The summed E-state index contributed by atoms with van der Waals surface area (Å²) in [4.78, 5) is 37.8. The molecule has 0 saturated heterocycles.